The van der Waals surface area contributed by atoms with Crippen LogP contribution in [0.25, 0.3) is 0 Å². The van der Waals surface area contributed by atoms with Crippen molar-refractivity contribution in [3.05, 3.63) is 53.5 Å². The van der Waals surface area contributed by atoms with E-state index < -0.39 is 0 Å². The van der Waals surface area contributed by atoms with Gasteiger partial charge in [-0.1, -0.05) is 38.1 Å². The Morgan fingerprint density at radius 2 is 2.05 bits per heavy atom. The van der Waals surface area contributed by atoms with Crippen molar-refractivity contribution in [3.63, 3.8) is 0 Å². The molecule has 0 saturated heterocycles. The quantitative estimate of drug-likeness (QED) is 0.877. The SMILES string of the molecule is CCNC(c1cccc(CC)c1)c1cc(OC)ncn1. The Morgan fingerprint density at radius 3 is 2.75 bits per heavy atom. The van der Waals surface area contributed by atoms with E-state index in [1.54, 1.807) is 13.4 Å². The van der Waals surface area contributed by atoms with Crippen LogP contribution in [0.1, 0.15) is 36.7 Å². The molecule has 2 rings (SSSR count). The second kappa shape index (κ2) is 7.01. The molecular weight excluding hydrogens is 250 g/mol. The van der Waals surface area contributed by atoms with Crippen molar-refractivity contribution >= 4 is 0 Å². The predicted molar refractivity (Wildman–Crippen MR) is 79.9 cm³/mol. The normalized spacial score (nSPS) is 12.2. The summed E-state index contributed by atoms with van der Waals surface area (Å²) in [6.45, 7) is 5.12. The standard InChI is InChI=1S/C16H21N3O/c1-4-12-7-6-8-13(9-12)16(17-5-2)14-10-15(20-3)19-11-18-14/h6-11,16-17H,4-5H2,1-3H3. The van der Waals surface area contributed by atoms with Crippen LogP contribution in [0.5, 0.6) is 5.88 Å². The zero-order chi connectivity index (χ0) is 14.4. The summed E-state index contributed by atoms with van der Waals surface area (Å²) in [5.41, 5.74) is 3.46. The molecule has 1 unspecified atom stereocenters. The molecule has 0 fully saturated rings. The highest BCUT2D eigenvalue weighted by atomic mass is 16.5. The van der Waals surface area contributed by atoms with Gasteiger partial charge in [-0.15, -0.1) is 0 Å². The van der Waals surface area contributed by atoms with Gasteiger partial charge in [0.05, 0.1) is 18.8 Å². The molecule has 0 radical (unpaired) electrons. The molecule has 0 aliphatic carbocycles. The predicted octanol–water partition coefficient (Wildman–Crippen LogP) is 2.75. The number of aryl methyl sites for hydroxylation is 1. The molecule has 0 aliphatic heterocycles. The second-order valence-electron chi connectivity index (χ2n) is 4.57. The third kappa shape index (κ3) is 3.33. The van der Waals surface area contributed by atoms with E-state index in [2.05, 4.69) is 53.4 Å². The Balaban J connectivity index is 2.38. The van der Waals surface area contributed by atoms with Gasteiger partial charge < -0.3 is 10.1 Å². The van der Waals surface area contributed by atoms with Gasteiger partial charge in [-0.3, -0.25) is 0 Å². The van der Waals surface area contributed by atoms with Gasteiger partial charge in [0.25, 0.3) is 0 Å². The molecule has 0 saturated carbocycles. The monoisotopic (exact) mass is 271 g/mol. The molecule has 106 valence electrons. The van der Waals surface area contributed by atoms with Crippen LogP contribution in [0.2, 0.25) is 0 Å². The van der Waals surface area contributed by atoms with Crippen LogP contribution in [0.4, 0.5) is 0 Å². The summed E-state index contributed by atoms with van der Waals surface area (Å²) in [6, 6.07) is 10.5. The number of rotatable bonds is 6. The van der Waals surface area contributed by atoms with E-state index in [9.17, 15) is 0 Å². The molecule has 0 aliphatic rings. The van der Waals surface area contributed by atoms with Crippen molar-refractivity contribution in [1.82, 2.24) is 15.3 Å². The fourth-order valence-corrected chi connectivity index (χ4v) is 2.21. The minimum Gasteiger partial charge on any atom is -0.481 e. The number of nitrogens with one attached hydrogen (secondary N) is 1. The lowest BCUT2D eigenvalue weighted by atomic mass is 10.00. The highest BCUT2D eigenvalue weighted by Gasteiger charge is 2.15. The van der Waals surface area contributed by atoms with Crippen molar-refractivity contribution in [1.29, 1.82) is 0 Å². The number of hydrogen-bond donors (Lipinski definition) is 1. The Labute approximate surface area is 120 Å². The van der Waals surface area contributed by atoms with Gasteiger partial charge in [0, 0.05) is 6.07 Å². The van der Waals surface area contributed by atoms with E-state index in [1.165, 1.54) is 11.1 Å². The Kier molecular flexibility index (Phi) is 5.07. The third-order valence-corrected chi connectivity index (χ3v) is 3.27. The van der Waals surface area contributed by atoms with Crippen LogP contribution in [-0.2, 0) is 6.42 Å². The number of hydrogen-bond acceptors (Lipinski definition) is 4. The maximum atomic E-state index is 5.19. The van der Waals surface area contributed by atoms with Crippen molar-refractivity contribution in [2.24, 2.45) is 0 Å². The van der Waals surface area contributed by atoms with E-state index in [4.69, 9.17) is 4.74 Å². The van der Waals surface area contributed by atoms with Crippen LogP contribution in [0.15, 0.2) is 36.7 Å². The van der Waals surface area contributed by atoms with E-state index in [0.717, 1.165) is 18.7 Å². The third-order valence-electron chi connectivity index (χ3n) is 3.27. The maximum absolute atomic E-state index is 5.19. The minimum atomic E-state index is 0.0587. The summed E-state index contributed by atoms with van der Waals surface area (Å²) in [4.78, 5) is 8.45. The number of aromatic nitrogens is 2. The Morgan fingerprint density at radius 1 is 1.20 bits per heavy atom. The second-order valence-corrected chi connectivity index (χ2v) is 4.57. The van der Waals surface area contributed by atoms with E-state index in [1.807, 2.05) is 6.07 Å². The molecule has 4 heteroatoms. The van der Waals surface area contributed by atoms with Crippen LogP contribution in [0.3, 0.4) is 0 Å². The van der Waals surface area contributed by atoms with Crippen molar-refractivity contribution < 1.29 is 4.74 Å². The van der Waals surface area contributed by atoms with Gasteiger partial charge in [-0.25, -0.2) is 9.97 Å². The first-order chi connectivity index (χ1) is 9.78. The summed E-state index contributed by atoms with van der Waals surface area (Å²) >= 11 is 0. The summed E-state index contributed by atoms with van der Waals surface area (Å²) in [5.74, 6) is 0.588. The van der Waals surface area contributed by atoms with Gasteiger partial charge in [0.2, 0.25) is 5.88 Å². The molecule has 1 aromatic heterocycles. The molecule has 4 nitrogen and oxygen atoms in total. The molecule has 1 aromatic carbocycles. The van der Waals surface area contributed by atoms with Crippen LogP contribution >= 0.6 is 0 Å². The summed E-state index contributed by atoms with van der Waals surface area (Å²) < 4.78 is 5.19. The average Bonchev–Trinajstić information content (AvgIpc) is 2.52. The molecule has 20 heavy (non-hydrogen) atoms. The fourth-order valence-electron chi connectivity index (χ4n) is 2.21. The number of methoxy groups -OCH3 is 1. The van der Waals surface area contributed by atoms with Crippen LogP contribution in [-0.4, -0.2) is 23.6 Å². The highest BCUT2D eigenvalue weighted by Crippen LogP contribution is 2.23. The molecular formula is C16H21N3O. The Bertz CT molecular complexity index is 509. The summed E-state index contributed by atoms with van der Waals surface area (Å²) in [5, 5.41) is 3.47. The van der Waals surface area contributed by atoms with Gasteiger partial charge in [0.1, 0.15) is 6.33 Å². The maximum Gasteiger partial charge on any atom is 0.216 e. The van der Waals surface area contributed by atoms with Gasteiger partial charge in [-0.05, 0) is 24.1 Å². The van der Waals surface area contributed by atoms with Gasteiger partial charge in [-0.2, -0.15) is 0 Å². The summed E-state index contributed by atoms with van der Waals surface area (Å²) in [7, 11) is 1.62. The first-order valence-corrected chi connectivity index (χ1v) is 6.96. The van der Waals surface area contributed by atoms with Gasteiger partial charge in [0.15, 0.2) is 0 Å². The van der Waals surface area contributed by atoms with Crippen LogP contribution < -0.4 is 10.1 Å². The molecule has 1 atom stereocenters. The Hall–Kier alpha value is -1.94. The zero-order valence-electron chi connectivity index (χ0n) is 12.3. The van der Waals surface area contributed by atoms with Crippen molar-refractivity contribution in [3.8, 4) is 5.88 Å². The van der Waals surface area contributed by atoms with E-state index in [-0.39, 0.29) is 6.04 Å². The smallest absolute Gasteiger partial charge is 0.216 e. The number of nitrogens with zero attached hydrogens (tertiary/aromatic N) is 2. The molecule has 0 bridgehead atoms. The van der Waals surface area contributed by atoms with Crippen LogP contribution in [0, 0.1) is 0 Å². The van der Waals surface area contributed by atoms with Crippen molar-refractivity contribution in [2.45, 2.75) is 26.3 Å². The van der Waals surface area contributed by atoms with E-state index >= 15 is 0 Å². The first kappa shape index (κ1) is 14.5. The zero-order valence-corrected chi connectivity index (χ0v) is 12.3. The molecule has 0 spiro atoms. The molecule has 2 aromatic rings. The lowest BCUT2D eigenvalue weighted by Crippen LogP contribution is -2.23. The lowest BCUT2D eigenvalue weighted by Gasteiger charge is -2.18. The summed E-state index contributed by atoms with van der Waals surface area (Å²) in [6.07, 6.45) is 2.57. The largest absolute Gasteiger partial charge is 0.481 e. The number of ether oxygens (including phenoxy) is 1. The highest BCUT2D eigenvalue weighted by molar-refractivity contribution is 5.32. The average molecular weight is 271 g/mol. The van der Waals surface area contributed by atoms with Crippen molar-refractivity contribution in [2.75, 3.05) is 13.7 Å². The molecule has 1 heterocycles. The molecule has 1 N–H and O–H groups in total. The van der Waals surface area contributed by atoms with E-state index in [0.29, 0.717) is 5.88 Å². The lowest BCUT2D eigenvalue weighted by molar-refractivity contribution is 0.395. The minimum absolute atomic E-state index is 0.0587. The first-order valence-electron chi connectivity index (χ1n) is 6.96. The number of benzene rings is 1. The molecule has 0 amide bonds. The van der Waals surface area contributed by atoms with Gasteiger partial charge >= 0.3 is 0 Å². The topological polar surface area (TPSA) is 47.0 Å². The fraction of sp³-hybridized carbons (Fsp3) is 0.375.